The summed E-state index contributed by atoms with van der Waals surface area (Å²) in [6.07, 6.45) is 2.35. The van der Waals surface area contributed by atoms with E-state index in [1.165, 1.54) is 27.7 Å². The molecule has 3 heterocycles. The average Bonchev–Trinajstić information content (AvgIpc) is 3.65. The van der Waals surface area contributed by atoms with Gasteiger partial charge in [0.25, 0.3) is 0 Å². The van der Waals surface area contributed by atoms with Crippen molar-refractivity contribution in [3.05, 3.63) is 0 Å². The normalized spacial score (nSPS) is 19.9. The molecule has 8 unspecified atom stereocenters. The third-order valence-corrected chi connectivity index (χ3v) is 7.42. The number of carbonyl (C=O) groups is 6. The molecule has 8 atom stereocenters. The van der Waals surface area contributed by atoms with Crippen LogP contribution in [-0.2, 0) is 66.3 Å². The van der Waals surface area contributed by atoms with Crippen LogP contribution in [0.15, 0.2) is 0 Å². The number of likely N-dealkylation sites (tertiary alicyclic amines) is 2. The molecule has 0 aromatic rings. The summed E-state index contributed by atoms with van der Waals surface area (Å²) < 4.78 is 19.0. The minimum atomic E-state index is -1.28. The summed E-state index contributed by atoms with van der Waals surface area (Å²) in [5.74, 6) is -2.07. The number of aliphatic hydroxyl groups is 2. The maximum Gasteiger partial charge on any atom is 0.347 e. The molecule has 51 heavy (non-hydrogen) atoms. The number of aliphatic hydroxyl groups excluding tert-OH is 2. The van der Waals surface area contributed by atoms with Gasteiger partial charge in [0.05, 0.1) is 6.61 Å². The Morgan fingerprint density at radius 2 is 1.25 bits per heavy atom. The van der Waals surface area contributed by atoms with Crippen LogP contribution in [0.1, 0.15) is 115 Å². The minimum absolute atomic E-state index is 0. The van der Waals surface area contributed by atoms with Crippen LogP contribution in [0.25, 0.3) is 0 Å². The van der Waals surface area contributed by atoms with Crippen LogP contribution in [0.4, 0.5) is 0 Å². The molecule has 3 aliphatic rings. The largest absolute Gasteiger partial charge is 0.463 e. The molecule has 3 saturated heterocycles. The van der Waals surface area contributed by atoms with E-state index < -0.39 is 48.3 Å². The Bertz CT molecular complexity index is 990. The summed E-state index contributed by atoms with van der Waals surface area (Å²) in [7, 11) is 2.16. The minimum Gasteiger partial charge on any atom is -0.463 e. The predicted molar refractivity (Wildman–Crippen MR) is 196 cm³/mol. The van der Waals surface area contributed by atoms with Crippen LogP contribution in [-0.4, -0.2) is 123 Å². The number of amides is 2. The molecule has 1 radical (unpaired) electrons. The number of cyclic esters (lactones) is 2. The first-order valence-electron chi connectivity index (χ1n) is 15.9. The molecule has 3 fully saturated rings. The summed E-state index contributed by atoms with van der Waals surface area (Å²) in [4.78, 5) is 78.5. The Kier molecular flexibility index (Phi) is 37.6. The van der Waals surface area contributed by atoms with Crippen LogP contribution < -0.4 is 0 Å². The van der Waals surface area contributed by atoms with E-state index in [9.17, 15) is 28.8 Å². The molecule has 0 aromatic carbocycles. The zero-order chi connectivity index (χ0) is 36.1. The molecule has 0 aliphatic carbocycles. The molecule has 15 nitrogen and oxygen atoms in total. The fourth-order valence-corrected chi connectivity index (χ4v) is 4.79. The van der Waals surface area contributed by atoms with Gasteiger partial charge in [0.15, 0.2) is 18.3 Å². The van der Waals surface area contributed by atoms with Gasteiger partial charge >= 0.3 is 23.9 Å². The Morgan fingerprint density at radius 1 is 0.863 bits per heavy atom. The van der Waals surface area contributed by atoms with Crippen molar-refractivity contribution in [2.45, 2.75) is 152 Å². The first kappa shape index (κ1) is 58.5. The van der Waals surface area contributed by atoms with E-state index >= 15 is 0 Å². The van der Waals surface area contributed by atoms with E-state index in [1.807, 2.05) is 16.7 Å². The molecule has 0 bridgehead atoms. The first-order chi connectivity index (χ1) is 22.2. The number of carbonyl (C=O) groups excluding carboxylic acids is 6. The monoisotopic (exact) mass is 811 g/mol. The maximum atomic E-state index is 11.7. The summed E-state index contributed by atoms with van der Waals surface area (Å²) in [5, 5.41) is 17.8. The van der Waals surface area contributed by atoms with Crippen LogP contribution in [0.2, 0.25) is 0 Å². The van der Waals surface area contributed by atoms with Crippen molar-refractivity contribution in [1.29, 1.82) is 0 Å². The van der Waals surface area contributed by atoms with E-state index in [-0.39, 0.29) is 86.4 Å². The molecule has 0 aromatic heterocycles. The molecule has 0 spiro atoms. The van der Waals surface area contributed by atoms with Crippen LogP contribution in [0, 0.1) is 0 Å². The van der Waals surface area contributed by atoms with Crippen molar-refractivity contribution in [2.75, 3.05) is 26.3 Å². The van der Waals surface area contributed by atoms with Gasteiger partial charge in [-0.3, -0.25) is 9.59 Å². The number of hydrogen-bond acceptors (Lipinski definition) is 13. The van der Waals surface area contributed by atoms with E-state index in [2.05, 4.69) is 25.3 Å². The second-order valence-electron chi connectivity index (χ2n) is 11.0. The Labute approximate surface area is 321 Å². The third kappa shape index (κ3) is 22.7. The molecule has 3 rings (SSSR count). The van der Waals surface area contributed by atoms with Gasteiger partial charge in [-0.2, -0.15) is 0 Å². The van der Waals surface area contributed by atoms with Crippen molar-refractivity contribution in [3.63, 3.8) is 0 Å². The summed E-state index contributed by atoms with van der Waals surface area (Å²) in [6, 6.07) is 0.336. The van der Waals surface area contributed by atoms with Gasteiger partial charge in [-0.05, 0) is 59.8 Å². The Hall–Kier alpha value is -1.86. The van der Waals surface area contributed by atoms with E-state index in [4.69, 9.17) is 24.6 Å². The molecule has 301 valence electrons. The fraction of sp³-hybridized carbons (Fsp3) is 0.818. The Balaban J connectivity index is -0.000000207. The van der Waals surface area contributed by atoms with Crippen molar-refractivity contribution >= 4 is 53.1 Å². The zero-order valence-electron chi connectivity index (χ0n) is 28.8. The van der Waals surface area contributed by atoms with Gasteiger partial charge < -0.3 is 43.9 Å². The van der Waals surface area contributed by atoms with Crippen molar-refractivity contribution < 1.29 is 81.4 Å². The van der Waals surface area contributed by atoms with Gasteiger partial charge in [-0.1, -0.05) is 45.1 Å². The number of nitrogens with zero attached hydrogens (tertiary/aromatic N) is 2. The summed E-state index contributed by atoms with van der Waals surface area (Å²) in [5.41, 5.74) is 0. The van der Waals surface area contributed by atoms with E-state index in [0.717, 1.165) is 45.2 Å². The molecule has 2 amide bonds. The molecule has 0 saturated carbocycles. The predicted octanol–water partition coefficient (Wildman–Crippen LogP) is 3.53. The maximum absolute atomic E-state index is 11.7. The van der Waals surface area contributed by atoms with E-state index in [1.54, 1.807) is 0 Å². The van der Waals surface area contributed by atoms with Gasteiger partial charge in [-0.15, -0.1) is 0 Å². The van der Waals surface area contributed by atoms with Crippen LogP contribution >= 0.6 is 17.4 Å². The number of ether oxygens (including phenoxy) is 4. The van der Waals surface area contributed by atoms with Gasteiger partial charge in [0, 0.05) is 78.1 Å². The van der Waals surface area contributed by atoms with Crippen LogP contribution in [0.5, 0.6) is 0 Å². The summed E-state index contributed by atoms with van der Waals surface area (Å²) in [6.45, 7) is 11.7. The molecular formula is C33H66N2O13P2V. The van der Waals surface area contributed by atoms with Crippen molar-refractivity contribution in [1.82, 2.24) is 9.80 Å². The number of esters is 4. The smallest absolute Gasteiger partial charge is 0.347 e. The van der Waals surface area contributed by atoms with Gasteiger partial charge in [-0.25, -0.2) is 19.2 Å². The van der Waals surface area contributed by atoms with Crippen molar-refractivity contribution in [3.8, 4) is 0 Å². The Morgan fingerprint density at radius 3 is 1.57 bits per heavy atom. The molecule has 18 heteroatoms. The fourth-order valence-electron chi connectivity index (χ4n) is 4.79. The summed E-state index contributed by atoms with van der Waals surface area (Å²) >= 11 is 0. The third-order valence-electron chi connectivity index (χ3n) is 7.42. The molecule has 3 aliphatic heterocycles. The topological polar surface area (TPSA) is 207 Å². The number of hydrogen-bond donors (Lipinski definition) is 3. The second-order valence-corrected chi connectivity index (χ2v) is 12.0. The van der Waals surface area contributed by atoms with Gasteiger partial charge in [0.1, 0.15) is 6.10 Å². The zero-order valence-corrected chi connectivity index (χ0v) is 32.3. The van der Waals surface area contributed by atoms with Gasteiger partial charge in [0.2, 0.25) is 11.8 Å². The number of rotatable bonds is 12. The van der Waals surface area contributed by atoms with Crippen LogP contribution in [0.3, 0.4) is 0 Å². The van der Waals surface area contributed by atoms with Crippen molar-refractivity contribution in [2.24, 2.45) is 0 Å². The average molecular weight is 812 g/mol. The quantitative estimate of drug-likeness (QED) is 0.147. The molecule has 3 N–H and O–H groups in total. The SMILES string of the molecule is C.C.C.CC1OC(=O)C(C)OC1=O.CCC(CCO)N1CCCC1=O.CCC(CCOC(=O)C(C)OC(=O)C(C)O)N1CCCC1=O.OPP.[V]. The first-order valence-corrected chi connectivity index (χ1v) is 18.7. The standard InChI is InChI=1S/C15H25NO6.C9H17NO2.C6H8O4.3CH4.H4OP2.V/c1-4-12(16-8-5-6-13(16)18)7-9-21-15(20)11(3)22-14(19)10(2)17;1-2-8(5-7-11)10-6-3-4-9(10)12;1-3-5(7)10-4(2)6(8)9-3;;;;1-3-2;/h10-12,17H,4-9H2,1-3H3;8,11H,2-7H2,1H3;3-4H,1-2H3;3*1H4;1,3H,2H2;. The van der Waals surface area contributed by atoms with E-state index in [0.29, 0.717) is 19.3 Å². The molecular weight excluding hydrogens is 745 g/mol. The second kappa shape index (κ2) is 32.8.